The van der Waals surface area contributed by atoms with Crippen molar-refractivity contribution in [2.24, 2.45) is 0 Å². The first kappa shape index (κ1) is 60.6. The molecule has 0 fully saturated rings. The van der Waals surface area contributed by atoms with Crippen LogP contribution in [0.1, 0.15) is 88.9 Å². The summed E-state index contributed by atoms with van der Waals surface area (Å²) in [5.74, 6) is 1.88. The van der Waals surface area contributed by atoms with Gasteiger partial charge in [-0.25, -0.2) is 0 Å². The van der Waals surface area contributed by atoms with E-state index in [4.69, 9.17) is 57.2 Å². The van der Waals surface area contributed by atoms with E-state index >= 15 is 0 Å². The summed E-state index contributed by atoms with van der Waals surface area (Å²) in [7, 11) is 0. The van der Waals surface area contributed by atoms with E-state index < -0.39 is 29.1 Å². The van der Waals surface area contributed by atoms with Gasteiger partial charge in [0.1, 0.15) is 0 Å². The SMILES string of the molecule is Cc1ccc(N(c2ccc(C)cc2)c2ccc3c(c2)C(C)(C)c2c-3cc3[c]4c2Oc2c5c(cc6[c]2[Sb]42([O]c4c(Cl)c(Cl)c(Cl)c(Cl)c4[O]2)[c]2c(cc(C)cc2N6c2ccc(C)cc2)N3c2ccc(C)cc2)-c2ccc(N(c3ccc(C)cc3)c3ccc(C)cc3)cc2C5(C)C)cc1. The van der Waals surface area contributed by atoms with E-state index in [1.165, 1.54) is 22.3 Å². The van der Waals surface area contributed by atoms with E-state index in [1.54, 1.807) is 0 Å². The minimum absolute atomic E-state index is 0.0834. The summed E-state index contributed by atoms with van der Waals surface area (Å²) < 4.78 is 28.4. The van der Waals surface area contributed by atoms with Gasteiger partial charge >= 0.3 is 566 Å². The summed E-state index contributed by atoms with van der Waals surface area (Å²) >= 11 is 23.2. The molecule has 0 N–H and O–H groups in total. The molecule has 0 saturated heterocycles. The van der Waals surface area contributed by atoms with Crippen molar-refractivity contribution in [3.05, 3.63) is 288 Å². The fourth-order valence-corrected chi connectivity index (χ4v) is 34.0. The van der Waals surface area contributed by atoms with Crippen molar-refractivity contribution in [1.82, 2.24) is 0 Å². The van der Waals surface area contributed by atoms with Crippen LogP contribution in [0.2, 0.25) is 20.1 Å². The molecular weight excluding hydrogens is 1390 g/mol. The predicted molar refractivity (Wildman–Crippen MR) is 406 cm³/mol. The first-order chi connectivity index (χ1) is 46.5. The number of nitrogens with zero attached hydrogens (tertiary/aromatic N) is 4. The van der Waals surface area contributed by atoms with Gasteiger partial charge < -0.3 is 0 Å². The van der Waals surface area contributed by atoms with E-state index in [9.17, 15) is 0 Å². The third kappa shape index (κ3) is 8.24. The van der Waals surface area contributed by atoms with Crippen LogP contribution in [0.3, 0.4) is 0 Å². The van der Waals surface area contributed by atoms with Crippen LogP contribution >= 0.6 is 46.4 Å². The molecule has 0 bridgehead atoms. The Labute approximate surface area is 588 Å². The van der Waals surface area contributed by atoms with Crippen LogP contribution in [-0.4, -0.2) is 18.2 Å². The zero-order valence-corrected chi connectivity index (χ0v) is 61.2. The maximum atomic E-state index is 8.61. The number of aryl methyl sites for hydroxylation is 7. The minimum atomic E-state index is -6.79. The molecule has 7 nitrogen and oxygen atoms in total. The average Bonchev–Trinajstić information content (AvgIpc) is 1.59. The van der Waals surface area contributed by atoms with Crippen LogP contribution in [-0.2, 0) is 10.8 Å². The van der Waals surface area contributed by atoms with Crippen molar-refractivity contribution in [1.29, 1.82) is 0 Å². The predicted octanol–water partition coefficient (Wildman–Crippen LogP) is 23.6. The van der Waals surface area contributed by atoms with Gasteiger partial charge in [0, 0.05) is 0 Å². The van der Waals surface area contributed by atoms with Crippen molar-refractivity contribution in [2.75, 3.05) is 19.6 Å². The number of halogens is 4. The second-order valence-electron chi connectivity index (χ2n) is 28.4. The van der Waals surface area contributed by atoms with Gasteiger partial charge in [-0.15, -0.1) is 0 Å². The summed E-state index contributed by atoms with van der Waals surface area (Å²) in [5.41, 5.74) is 27.0. The normalized spacial score (nSPS) is 16.0. The fraction of sp³-hybridized carbons (Fsp3) is 0.153. The quantitative estimate of drug-likeness (QED) is 0.0853. The van der Waals surface area contributed by atoms with Gasteiger partial charge in [-0.1, -0.05) is 0 Å². The number of fused-ring (bicyclic) bond motifs is 9. The summed E-state index contributed by atoms with van der Waals surface area (Å²) in [5, 5.41) is 0.413. The number of ether oxygens (including phenoxy) is 1. The van der Waals surface area contributed by atoms with Crippen molar-refractivity contribution >= 4 is 143 Å². The molecule has 18 rings (SSSR count). The monoisotopic (exact) mass is 1450 g/mol. The second-order valence-corrected chi connectivity index (χ2v) is 40.2. The molecule has 0 aromatic heterocycles. The maximum absolute atomic E-state index is 8.61. The Morgan fingerprint density at radius 2 is 0.608 bits per heavy atom. The summed E-state index contributed by atoms with van der Waals surface area (Å²) in [6.45, 7) is 24.4. The summed E-state index contributed by atoms with van der Waals surface area (Å²) in [6, 6.07) is 76.2. The second kappa shape index (κ2) is 20.9. The van der Waals surface area contributed by atoms with Crippen LogP contribution in [0.25, 0.3) is 22.3 Å². The Hall–Kier alpha value is -8.78. The molecule has 0 atom stereocenters. The van der Waals surface area contributed by atoms with Crippen LogP contribution < -0.4 is 40.9 Å². The molecule has 12 heteroatoms. The van der Waals surface area contributed by atoms with Gasteiger partial charge in [-0.3, -0.25) is 0 Å². The third-order valence-electron chi connectivity index (χ3n) is 21.2. The average molecular weight is 1460 g/mol. The summed E-state index contributed by atoms with van der Waals surface area (Å²) in [4.78, 5) is 9.58. The number of hydrogen-bond donors (Lipinski definition) is 0. The molecule has 0 radical (unpaired) electrons. The first-order valence-electron chi connectivity index (χ1n) is 33.0. The van der Waals surface area contributed by atoms with Crippen molar-refractivity contribution < 1.29 is 10.8 Å². The molecule has 1 spiro atoms. The molecule has 0 saturated carbocycles. The third-order valence-corrected chi connectivity index (χ3v) is 36.8. The molecule has 4 aliphatic heterocycles. The van der Waals surface area contributed by atoms with Gasteiger partial charge in [0.05, 0.1) is 0 Å². The summed E-state index contributed by atoms with van der Waals surface area (Å²) in [6.07, 6.45) is 0. The van der Waals surface area contributed by atoms with E-state index in [2.05, 4.69) is 302 Å². The topological polar surface area (TPSA) is 40.7 Å². The first-order valence-corrected chi connectivity index (χ1v) is 40.4. The zero-order chi connectivity index (χ0) is 66.9. The Balaban J connectivity index is 0.983. The van der Waals surface area contributed by atoms with E-state index in [1.807, 2.05) is 0 Å². The molecule has 0 amide bonds. The van der Waals surface area contributed by atoms with Crippen molar-refractivity contribution in [3.8, 4) is 45.3 Å². The van der Waals surface area contributed by atoms with Crippen LogP contribution in [0.5, 0.6) is 23.0 Å². The van der Waals surface area contributed by atoms with Gasteiger partial charge in [-0.05, 0) is 27.7 Å². The molecule has 0 unspecified atom stereocenters. The standard InChI is InChI=1S/C79H67N4O.C6H2Cl4O2.Sb/c1-49-12-24-56(25-13-49)80(57-26-14-50(2)15-27-57)62-36-38-68-70-43-66-47-74(76(70)78(8,9)72(68)45-62)84-75-48-67(83(61-34-22-54(6)23-35-61)65-41-55(7)40-64(42-65)82(66)60-32-20-53(5)21-33-60)44-71-69-39-37-63(46-73(69)79(10,11)77(71)75)81(58-28-16-51(3)17-29-58)59-30-18-52(4)19-31-59;7-1-2(8)4(10)6(12)5(11)3(1)9;/h12-41,43-46H,1-11H3;11-12H;/q;;+2/p-2. The molecule has 478 valence electrons. The van der Waals surface area contributed by atoms with Crippen LogP contribution in [0.4, 0.5) is 68.2 Å². The molecule has 4 heterocycles. The molecule has 12 aromatic rings. The van der Waals surface area contributed by atoms with Gasteiger partial charge in [0.2, 0.25) is 0 Å². The Kier molecular flexibility index (Phi) is 13.0. The van der Waals surface area contributed by atoms with E-state index in [-0.39, 0.29) is 31.6 Å². The van der Waals surface area contributed by atoms with Crippen molar-refractivity contribution in [2.45, 2.75) is 87.0 Å². The molecule has 12 aromatic carbocycles. The Morgan fingerprint density at radius 1 is 0.309 bits per heavy atom. The van der Waals surface area contributed by atoms with Crippen LogP contribution in [0.15, 0.2) is 206 Å². The van der Waals surface area contributed by atoms with E-state index in [0.29, 0.717) is 11.5 Å². The Bertz CT molecular complexity index is 5040. The Morgan fingerprint density at radius 3 is 0.938 bits per heavy atom. The van der Waals surface area contributed by atoms with Crippen LogP contribution in [0, 0.1) is 48.5 Å². The number of benzene rings is 12. The molecular formula is C85H67Cl4N4O3Sb. The van der Waals surface area contributed by atoms with Gasteiger partial charge in [0.15, 0.2) is 0 Å². The number of anilines is 12. The molecule has 6 aliphatic rings. The molecule has 2 aliphatic carbocycles. The van der Waals surface area contributed by atoms with Gasteiger partial charge in [-0.2, -0.15) is 0 Å². The fourth-order valence-electron chi connectivity index (χ4n) is 16.6. The van der Waals surface area contributed by atoms with E-state index in [0.717, 1.165) is 140 Å². The van der Waals surface area contributed by atoms with Gasteiger partial charge in [0.25, 0.3) is 0 Å². The molecule has 97 heavy (non-hydrogen) atoms. The number of hydrogen-bond acceptors (Lipinski definition) is 7. The zero-order valence-electron chi connectivity index (χ0n) is 55.6. The number of rotatable bonds is 8. The van der Waals surface area contributed by atoms with Crippen molar-refractivity contribution in [3.63, 3.8) is 0 Å².